The van der Waals surface area contributed by atoms with Crippen molar-refractivity contribution in [3.05, 3.63) is 0 Å². The lowest BCUT2D eigenvalue weighted by Gasteiger charge is -2.60. The van der Waals surface area contributed by atoms with Crippen LogP contribution in [0.5, 0.6) is 0 Å². The molecule has 0 unspecified atom stereocenters. The van der Waals surface area contributed by atoms with E-state index in [1.807, 2.05) is 0 Å². The zero-order chi connectivity index (χ0) is 75.9. The molecule has 16 saturated heterocycles. The minimum atomic E-state index is -0.374. The third kappa shape index (κ3) is 12.0. The summed E-state index contributed by atoms with van der Waals surface area (Å²) < 4.78 is 25.9. The van der Waals surface area contributed by atoms with E-state index in [0.29, 0.717) is 169 Å². The predicted molar refractivity (Wildman–Crippen MR) is 416 cm³/mol. The van der Waals surface area contributed by atoms with Crippen LogP contribution in [0.4, 0.5) is 0 Å². The van der Waals surface area contributed by atoms with Gasteiger partial charge in [-0.2, -0.15) is 0 Å². The van der Waals surface area contributed by atoms with Gasteiger partial charge in [-0.25, -0.2) is 0 Å². The molecule has 16 aliphatic carbocycles. The van der Waals surface area contributed by atoms with Crippen molar-refractivity contribution in [1.29, 1.82) is 0 Å². The van der Waals surface area contributed by atoms with Crippen molar-refractivity contribution in [3.8, 4) is 0 Å². The molecule has 32 rings (SSSR count). The number of carbonyl (C=O) groups excluding carboxylic acids is 8. The molecule has 12 nitrogen and oxygen atoms in total. The third-order valence-electron chi connectivity index (χ3n) is 41.4. The van der Waals surface area contributed by atoms with Crippen molar-refractivity contribution in [3.63, 3.8) is 0 Å². The topological polar surface area (TPSA) is 173 Å². The maximum absolute atomic E-state index is 15.0. The summed E-state index contributed by atoms with van der Waals surface area (Å²) in [5.41, 5.74) is -1.32. The lowest BCUT2D eigenvalue weighted by Crippen LogP contribution is -2.57. The van der Waals surface area contributed by atoms with Crippen LogP contribution in [0.25, 0.3) is 0 Å². The van der Waals surface area contributed by atoms with Gasteiger partial charge in [0, 0.05) is 73.0 Å². The molecule has 108 heavy (non-hydrogen) atoms. The second-order valence-corrected chi connectivity index (χ2v) is 44.6. The molecule has 0 aromatic carbocycles. The summed E-state index contributed by atoms with van der Waals surface area (Å²) in [6, 6.07) is 0. The Hall–Kier alpha value is -3.44. The first-order chi connectivity index (χ1) is 51.3. The lowest BCUT2D eigenvalue weighted by atomic mass is 9.44. The molecule has 0 aromatic heterocycles. The smallest absolute Gasteiger partial charge is 0.306 e. The number of rotatable bonds is 0. The van der Waals surface area contributed by atoms with E-state index in [2.05, 4.69) is 83.1 Å². The first-order valence-corrected chi connectivity index (χ1v) is 46.3. The standard InChI is InChI=1S/C96H144O12/c1-53-13-33-85(101)105-61-37-41-90(6)58(45-61)18-22-66-74-30-26-70(94(74,10)82(98)50-78(66)90)55(3)15-35-87(103)107-63-39-43-92(8)60(47-63)20-24-68-76-32-28-72(96(76,12)84(100)52-80(68)92)56(4)16-36-88(104)108-64-40-44-91(7)59(48-64)19-23-67-75-31-27-71(95(75,11)83(99)51-79(67)91)54(2)14-34-86(102)106-62-38-42-89(5)57(46-62)17-21-65-73-29-25-69(53)93(73,9)81(97)49-77(65)89/h53-80H,13-52H2,1-12H3/t53-,54-,55-,56-,57-,58-,59-,60-,61-,62-,63-,64-,65+,66+,67+,68+,69-,70-,71-,72-,73-,74+,75+,76+,77+,78+,79+,80+,89+,90+,91+,92+,93-,94-,95-,96-/m1/s1. The normalized spacial score (nSPS) is 54.9. The van der Waals surface area contributed by atoms with E-state index in [4.69, 9.17) is 18.9 Å². The van der Waals surface area contributed by atoms with Gasteiger partial charge in [0.15, 0.2) is 0 Å². The quantitative estimate of drug-likeness (QED) is 0.166. The summed E-state index contributed by atoms with van der Waals surface area (Å²) in [5.74, 6) is 10.1. The lowest BCUT2D eigenvalue weighted by molar-refractivity contribution is -0.169. The molecular weight excluding hydrogens is 1350 g/mol. The molecule has 12 heteroatoms. The molecule has 16 aliphatic heterocycles. The van der Waals surface area contributed by atoms with Gasteiger partial charge in [0.1, 0.15) is 47.5 Å². The Kier molecular flexibility index (Phi) is 20.1. The van der Waals surface area contributed by atoms with Crippen LogP contribution in [-0.4, -0.2) is 71.4 Å². The minimum Gasteiger partial charge on any atom is -0.462 e. The van der Waals surface area contributed by atoms with Gasteiger partial charge < -0.3 is 18.9 Å². The molecule has 16 saturated carbocycles. The summed E-state index contributed by atoms with van der Waals surface area (Å²) in [6.07, 6.45) is 35.2. The van der Waals surface area contributed by atoms with E-state index in [9.17, 15) is 19.2 Å². The van der Waals surface area contributed by atoms with Gasteiger partial charge in [-0.15, -0.1) is 0 Å². The Morgan fingerprint density at radius 2 is 0.426 bits per heavy atom. The van der Waals surface area contributed by atoms with E-state index in [1.54, 1.807) is 0 Å². The molecule has 0 aromatic rings. The van der Waals surface area contributed by atoms with E-state index in [1.165, 1.54) is 0 Å². The van der Waals surface area contributed by atoms with Crippen molar-refractivity contribution in [2.75, 3.05) is 0 Å². The minimum absolute atomic E-state index is 0.0447. The van der Waals surface area contributed by atoms with Gasteiger partial charge in [-0.05, 0) is 369 Å². The van der Waals surface area contributed by atoms with E-state index < -0.39 is 0 Å². The van der Waals surface area contributed by atoms with Crippen LogP contribution >= 0.6 is 0 Å². The van der Waals surface area contributed by atoms with E-state index in [0.717, 1.165) is 205 Å². The molecule has 29 bridgehead atoms. The summed E-state index contributed by atoms with van der Waals surface area (Å²) in [5, 5.41) is 0. The van der Waals surface area contributed by atoms with Crippen LogP contribution in [0.3, 0.4) is 0 Å². The maximum Gasteiger partial charge on any atom is 0.306 e. The highest BCUT2D eigenvalue weighted by atomic mass is 16.6. The number of ether oxygens (including phenoxy) is 4. The van der Waals surface area contributed by atoms with Crippen molar-refractivity contribution < 1.29 is 57.3 Å². The Morgan fingerprint density at radius 1 is 0.231 bits per heavy atom. The molecule has 0 spiro atoms. The van der Waals surface area contributed by atoms with E-state index >= 15 is 19.2 Å². The third-order valence-corrected chi connectivity index (χ3v) is 41.4. The van der Waals surface area contributed by atoms with E-state index in [-0.39, 0.29) is 139 Å². The monoisotopic (exact) mass is 1490 g/mol. The molecule has 600 valence electrons. The molecule has 16 heterocycles. The summed E-state index contributed by atoms with van der Waals surface area (Å²) in [6.45, 7) is 28.5. The predicted octanol–water partition coefficient (Wildman–Crippen LogP) is 20.7. The molecule has 0 amide bonds. The van der Waals surface area contributed by atoms with Gasteiger partial charge in [0.25, 0.3) is 0 Å². The molecule has 32 aliphatic rings. The van der Waals surface area contributed by atoms with Gasteiger partial charge in [-0.3, -0.25) is 38.4 Å². The van der Waals surface area contributed by atoms with Crippen LogP contribution in [-0.2, 0) is 57.3 Å². The highest BCUT2D eigenvalue weighted by Crippen LogP contribution is 2.73. The highest BCUT2D eigenvalue weighted by Gasteiger charge is 2.70. The fourth-order valence-electron chi connectivity index (χ4n) is 35.1. The molecule has 0 radical (unpaired) electrons. The van der Waals surface area contributed by atoms with Gasteiger partial charge in [0.2, 0.25) is 0 Å². The summed E-state index contributed by atoms with van der Waals surface area (Å²) in [4.78, 5) is 116. The fourth-order valence-corrected chi connectivity index (χ4v) is 35.1. The maximum atomic E-state index is 15.0. The van der Waals surface area contributed by atoms with Gasteiger partial charge >= 0.3 is 23.9 Å². The number of hydrogen-bond donors (Lipinski definition) is 0. The van der Waals surface area contributed by atoms with Gasteiger partial charge in [-0.1, -0.05) is 83.1 Å². The Bertz CT molecular complexity index is 3070. The molecule has 32 fully saturated rings. The molecular formula is C96H144O12. The van der Waals surface area contributed by atoms with Crippen molar-refractivity contribution in [2.24, 2.45) is 185 Å². The Balaban J connectivity index is 0.552. The average Bonchev–Trinajstić information content (AvgIpc) is 1.44. The number of esters is 4. The zero-order valence-corrected chi connectivity index (χ0v) is 69.3. The number of ketones is 4. The number of Topliss-reactive ketones (excluding diaryl/α,β-unsaturated/α-hetero) is 4. The number of carbonyl (C=O) groups is 8. The van der Waals surface area contributed by atoms with Crippen LogP contribution in [0.15, 0.2) is 0 Å². The van der Waals surface area contributed by atoms with Crippen LogP contribution in [0, 0.1) is 185 Å². The van der Waals surface area contributed by atoms with Crippen LogP contribution in [0.2, 0.25) is 0 Å². The zero-order valence-electron chi connectivity index (χ0n) is 69.3. The van der Waals surface area contributed by atoms with Crippen molar-refractivity contribution in [2.45, 2.75) is 364 Å². The summed E-state index contributed by atoms with van der Waals surface area (Å²) in [7, 11) is 0. The fraction of sp³-hybridized carbons (Fsp3) is 0.917. The molecule has 36 atom stereocenters. The second kappa shape index (κ2) is 28.2. The van der Waals surface area contributed by atoms with Gasteiger partial charge in [0.05, 0.1) is 0 Å². The Labute approximate surface area is 650 Å². The van der Waals surface area contributed by atoms with Crippen LogP contribution in [0.1, 0.15) is 340 Å². The summed E-state index contributed by atoms with van der Waals surface area (Å²) >= 11 is 0. The van der Waals surface area contributed by atoms with Crippen LogP contribution < -0.4 is 0 Å². The van der Waals surface area contributed by atoms with Crippen molar-refractivity contribution >= 4 is 47.0 Å². The number of hydrogen-bond acceptors (Lipinski definition) is 12. The Morgan fingerprint density at radius 3 is 0.630 bits per heavy atom. The second-order valence-electron chi connectivity index (χ2n) is 44.6. The average molecular weight is 1490 g/mol. The number of fused-ring (bicyclic) bond motifs is 1. The molecule has 0 N–H and O–H groups in total. The first kappa shape index (κ1) is 77.2. The van der Waals surface area contributed by atoms with Crippen molar-refractivity contribution in [1.82, 2.24) is 0 Å². The highest BCUT2D eigenvalue weighted by molar-refractivity contribution is 5.89. The largest absolute Gasteiger partial charge is 0.462 e. The first-order valence-electron chi connectivity index (χ1n) is 46.3. The SMILES string of the molecule is C[C@@H]1CCC(=O)O[C@@H]2CC[C@@]3(C)[C@H](CC[C@@H]4[C@@H]3CC(=O)[C@]3(C)[C@H](CC[C@@H]43)[C@H](C)CCC(=O)O[C@@H]3CC[C@@]4(C)[C@H](CC[C@@H]5[C@@H]4CC(=O)[C@]4(C)[C@H](CC[C@@H]54)[C@H](C)CCC(=O)O[C@@H]4CC[C@@]5(C)[C@H](CC[C@@H]6[C@@H]5CC(=O)[C@]5(C)[C@H](CC[C@@H]65)[C@H](C)CCC(=O)O[C@@H]5CC[C@@]6(C)[C@H](CC[C@H]7[C@H]8CC[C@H]1[C@@]8(C)C(=O)C[C@@H]76)C5)C4)C3)C2.